The minimum Gasteiger partial charge on any atom is -0.467 e. The summed E-state index contributed by atoms with van der Waals surface area (Å²) in [7, 11) is 4.57. The molecular weight excluding hydrogens is 465 g/mol. The van der Waals surface area contributed by atoms with E-state index in [0.29, 0.717) is 17.7 Å². The van der Waals surface area contributed by atoms with E-state index in [1.165, 1.54) is 19.9 Å². The molecule has 9 nitrogen and oxygen atoms in total. The van der Waals surface area contributed by atoms with E-state index in [1.54, 1.807) is 38.3 Å². The first-order valence-electron chi connectivity index (χ1n) is 12.1. The molecule has 1 aromatic carbocycles. The number of hydrogen-bond acceptors (Lipinski definition) is 8. The summed E-state index contributed by atoms with van der Waals surface area (Å²) in [6.07, 6.45) is 5.14. The molecular formula is C26H36BNO8. The van der Waals surface area contributed by atoms with Crippen molar-refractivity contribution in [1.29, 1.82) is 0 Å². The van der Waals surface area contributed by atoms with E-state index in [9.17, 15) is 14.7 Å². The van der Waals surface area contributed by atoms with E-state index < -0.39 is 36.2 Å². The van der Waals surface area contributed by atoms with Gasteiger partial charge in [0.05, 0.1) is 6.10 Å². The highest BCUT2D eigenvalue weighted by atomic mass is 16.8. The van der Waals surface area contributed by atoms with Crippen LogP contribution >= 0.6 is 0 Å². The molecule has 0 bridgehead atoms. The third-order valence-corrected chi connectivity index (χ3v) is 6.38. The fraction of sp³-hybridized carbons (Fsp3) is 0.538. The Morgan fingerprint density at radius 2 is 1.97 bits per heavy atom. The first-order valence-corrected chi connectivity index (χ1v) is 12.1. The zero-order valence-corrected chi connectivity index (χ0v) is 22.0. The molecule has 0 spiro atoms. The molecule has 10 heteroatoms. The molecule has 1 saturated heterocycles. The number of rotatable bonds is 4. The molecule has 2 aliphatic heterocycles. The summed E-state index contributed by atoms with van der Waals surface area (Å²) in [5.41, 5.74) is 1.29. The van der Waals surface area contributed by atoms with Crippen molar-refractivity contribution in [2.45, 2.75) is 64.3 Å². The van der Waals surface area contributed by atoms with Crippen LogP contribution in [0.1, 0.15) is 50.0 Å². The van der Waals surface area contributed by atoms with Crippen LogP contribution in [0.3, 0.4) is 0 Å². The quantitative estimate of drug-likeness (QED) is 0.291. The Kier molecular flexibility index (Phi) is 9.00. The lowest BCUT2D eigenvalue weighted by Gasteiger charge is -2.24. The van der Waals surface area contributed by atoms with Gasteiger partial charge in [-0.2, -0.15) is 0 Å². The average Bonchev–Trinajstić information content (AvgIpc) is 3.13. The van der Waals surface area contributed by atoms with Gasteiger partial charge in [0.25, 0.3) is 0 Å². The number of methoxy groups -OCH3 is 1. The lowest BCUT2D eigenvalue weighted by molar-refractivity contribution is -0.152. The summed E-state index contributed by atoms with van der Waals surface area (Å²) in [5.74, 6) is -1.54. The Morgan fingerprint density at radius 1 is 1.25 bits per heavy atom. The Labute approximate surface area is 213 Å². The van der Waals surface area contributed by atoms with Crippen LogP contribution in [0.4, 0.5) is 10.5 Å². The summed E-state index contributed by atoms with van der Waals surface area (Å²) in [6, 6.07) is 3.35. The van der Waals surface area contributed by atoms with E-state index in [1.807, 2.05) is 32.9 Å². The van der Waals surface area contributed by atoms with Gasteiger partial charge in [0.1, 0.15) is 29.6 Å². The summed E-state index contributed by atoms with van der Waals surface area (Å²) < 4.78 is 28.7. The number of esters is 1. The smallest absolute Gasteiger partial charge is 0.342 e. The maximum Gasteiger partial charge on any atom is 0.342 e. The number of fused-ring (bicyclic) bond motifs is 2. The predicted octanol–water partition coefficient (Wildman–Crippen LogP) is 2.89. The van der Waals surface area contributed by atoms with Gasteiger partial charge in [0, 0.05) is 31.8 Å². The fourth-order valence-corrected chi connectivity index (χ4v) is 4.14. The number of carbonyl (C=O) groups excluding carboxylic acids is 2. The number of aliphatic hydroxyl groups is 1. The van der Waals surface area contributed by atoms with Gasteiger partial charge in [0.2, 0.25) is 7.85 Å². The Morgan fingerprint density at radius 3 is 2.64 bits per heavy atom. The molecule has 2 unspecified atom stereocenters. The SMILES string of the molecule is BC(=O)N(C)c1cc2c(c(OCOC)c1)C(=O)O[C@@H](C)[C@H](C)/C=C\C(O)C1OC(C)(C)O[C@H]1C/C=C/2. The lowest BCUT2D eigenvalue weighted by Crippen LogP contribution is -2.34. The highest BCUT2D eigenvalue weighted by molar-refractivity contribution is 6.60. The maximum absolute atomic E-state index is 13.4. The van der Waals surface area contributed by atoms with Gasteiger partial charge < -0.3 is 33.7 Å². The summed E-state index contributed by atoms with van der Waals surface area (Å²) in [6.45, 7) is 7.21. The van der Waals surface area contributed by atoms with Crippen molar-refractivity contribution in [3.8, 4) is 5.75 Å². The van der Waals surface area contributed by atoms with Crippen LogP contribution in [0.15, 0.2) is 30.4 Å². The number of aliphatic hydroxyl groups excluding tert-OH is 1. The third kappa shape index (κ3) is 6.56. The van der Waals surface area contributed by atoms with Crippen molar-refractivity contribution in [2.24, 2.45) is 5.92 Å². The summed E-state index contributed by atoms with van der Waals surface area (Å²) in [5, 5.41) is 10.8. The number of hydrogen-bond donors (Lipinski definition) is 1. The van der Waals surface area contributed by atoms with Crippen LogP contribution in [0, 0.1) is 5.92 Å². The zero-order valence-electron chi connectivity index (χ0n) is 22.0. The van der Waals surface area contributed by atoms with Crippen LogP contribution in [-0.4, -0.2) is 75.9 Å². The van der Waals surface area contributed by atoms with Crippen LogP contribution in [0.5, 0.6) is 5.75 Å². The predicted molar refractivity (Wildman–Crippen MR) is 138 cm³/mol. The normalized spacial score (nSPS) is 29.8. The molecule has 2 heterocycles. The second kappa shape index (κ2) is 11.6. The van der Waals surface area contributed by atoms with Gasteiger partial charge in [-0.3, -0.25) is 4.79 Å². The van der Waals surface area contributed by atoms with Gasteiger partial charge in [0.15, 0.2) is 18.4 Å². The molecule has 36 heavy (non-hydrogen) atoms. The molecule has 3 rings (SSSR count). The molecule has 0 aliphatic carbocycles. The van der Waals surface area contributed by atoms with Crippen molar-refractivity contribution < 1.29 is 38.4 Å². The van der Waals surface area contributed by atoms with E-state index >= 15 is 0 Å². The number of cyclic esters (lactones) is 1. The van der Waals surface area contributed by atoms with Crippen LogP contribution < -0.4 is 9.64 Å². The first-order chi connectivity index (χ1) is 16.9. The number of ether oxygens (including phenoxy) is 5. The number of anilines is 1. The molecule has 5 atom stereocenters. The van der Waals surface area contributed by atoms with Gasteiger partial charge in [-0.25, -0.2) is 4.79 Å². The van der Waals surface area contributed by atoms with Crippen molar-refractivity contribution in [1.82, 2.24) is 0 Å². The fourth-order valence-electron chi connectivity index (χ4n) is 4.14. The topological polar surface area (TPSA) is 104 Å². The Balaban J connectivity index is 2.12. The maximum atomic E-state index is 13.4. The minimum absolute atomic E-state index is 0.0900. The molecule has 196 valence electrons. The van der Waals surface area contributed by atoms with Gasteiger partial charge in [-0.15, -0.1) is 0 Å². The molecule has 2 aliphatic rings. The summed E-state index contributed by atoms with van der Waals surface area (Å²) >= 11 is 0. The number of nitrogens with zero attached hydrogens (tertiary/aromatic N) is 1. The van der Waals surface area contributed by atoms with Gasteiger partial charge >= 0.3 is 5.97 Å². The Hall–Kier alpha value is -2.66. The largest absolute Gasteiger partial charge is 0.467 e. The van der Waals surface area contributed by atoms with Crippen LogP contribution in [-0.2, 0) is 18.9 Å². The number of benzene rings is 1. The summed E-state index contributed by atoms with van der Waals surface area (Å²) in [4.78, 5) is 26.9. The molecule has 1 amide bonds. The lowest BCUT2D eigenvalue weighted by atomic mass is 9.98. The Bertz CT molecular complexity index is 1020. The molecule has 1 N–H and O–H groups in total. The number of carbonyl (C=O) groups is 2. The second-order valence-electron chi connectivity index (χ2n) is 9.66. The molecule has 1 aromatic rings. The average molecular weight is 501 g/mol. The third-order valence-electron chi connectivity index (χ3n) is 6.38. The molecule has 0 saturated carbocycles. The van der Waals surface area contributed by atoms with E-state index in [2.05, 4.69) is 0 Å². The molecule has 1 fully saturated rings. The van der Waals surface area contributed by atoms with Crippen LogP contribution in [0.2, 0.25) is 0 Å². The minimum atomic E-state index is -0.893. The van der Waals surface area contributed by atoms with Crippen molar-refractivity contribution >= 4 is 31.4 Å². The van der Waals surface area contributed by atoms with Crippen molar-refractivity contribution in [3.63, 3.8) is 0 Å². The highest BCUT2D eigenvalue weighted by Crippen LogP contribution is 2.35. The van der Waals surface area contributed by atoms with Crippen LogP contribution in [0.25, 0.3) is 6.08 Å². The van der Waals surface area contributed by atoms with E-state index in [0.717, 1.165) is 0 Å². The standard InChI is InChI=1S/C26H36BNO8/c1-15-10-11-19(29)23-20(35-26(3,4)36-23)9-7-8-17-12-18(28(5)25(27)31)13-21(33-14-32-6)22(17)24(30)34-16(15)2/h7-8,10-13,15-16,19-20,23,29H,9,14,27H2,1-6H3/b8-7+,11-10-/t15-,16+,19?,20+,23?/m1/s1. The van der Waals surface area contributed by atoms with Gasteiger partial charge in [-0.05, 0) is 38.8 Å². The van der Waals surface area contributed by atoms with Crippen molar-refractivity contribution in [2.75, 3.05) is 25.9 Å². The van der Waals surface area contributed by atoms with Gasteiger partial charge in [-0.1, -0.05) is 31.2 Å². The first kappa shape index (κ1) is 27.9. The second-order valence-corrected chi connectivity index (χ2v) is 9.66. The van der Waals surface area contributed by atoms with E-state index in [-0.39, 0.29) is 29.8 Å². The number of amides is 1. The monoisotopic (exact) mass is 501 g/mol. The molecule has 0 aromatic heterocycles. The zero-order chi connectivity index (χ0) is 26.6. The van der Waals surface area contributed by atoms with Crippen molar-refractivity contribution in [3.05, 3.63) is 41.5 Å². The highest BCUT2D eigenvalue weighted by Gasteiger charge is 2.43. The van der Waals surface area contributed by atoms with E-state index in [4.69, 9.17) is 23.7 Å². The molecule has 0 radical (unpaired) electrons.